The second-order valence-electron chi connectivity index (χ2n) is 4.26. The average Bonchev–Trinajstić information content (AvgIpc) is 2.38. The number of aryl methyl sites for hydroxylation is 1. The van der Waals surface area contributed by atoms with Crippen LogP contribution in [0.25, 0.3) is 0 Å². The Morgan fingerprint density at radius 1 is 1.21 bits per heavy atom. The van der Waals surface area contributed by atoms with Crippen LogP contribution in [-0.4, -0.2) is 13.0 Å². The molecule has 0 unspecified atom stereocenters. The molecule has 0 saturated carbocycles. The van der Waals surface area contributed by atoms with Crippen LogP contribution in [0.15, 0.2) is 42.5 Å². The maximum atomic E-state index is 12.2. The van der Waals surface area contributed by atoms with Crippen LogP contribution in [0.3, 0.4) is 0 Å². The number of nitrogens with one attached hydrogen (secondary N) is 1. The van der Waals surface area contributed by atoms with Crippen molar-refractivity contribution in [2.75, 3.05) is 18.2 Å². The van der Waals surface area contributed by atoms with Crippen LogP contribution in [0.1, 0.15) is 15.9 Å². The summed E-state index contributed by atoms with van der Waals surface area (Å²) < 4.78 is 5.11. The van der Waals surface area contributed by atoms with E-state index in [0.29, 0.717) is 22.7 Å². The lowest BCUT2D eigenvalue weighted by Crippen LogP contribution is -2.13. The van der Waals surface area contributed by atoms with E-state index in [1.54, 1.807) is 31.4 Å². The molecule has 0 aromatic heterocycles. The normalized spacial score (nSPS) is 10.0. The van der Waals surface area contributed by atoms with E-state index in [1.807, 2.05) is 25.1 Å². The number of hydrogen-bond acceptors (Lipinski definition) is 3. The van der Waals surface area contributed by atoms with Gasteiger partial charge in [-0.15, -0.1) is 0 Å². The van der Waals surface area contributed by atoms with Crippen molar-refractivity contribution in [2.45, 2.75) is 6.92 Å². The molecule has 0 aliphatic carbocycles. The minimum atomic E-state index is -0.161. The first kappa shape index (κ1) is 13.0. The van der Waals surface area contributed by atoms with E-state index in [9.17, 15) is 4.79 Å². The van der Waals surface area contributed by atoms with Gasteiger partial charge in [-0.05, 0) is 42.8 Å². The van der Waals surface area contributed by atoms with Crippen molar-refractivity contribution in [1.29, 1.82) is 0 Å². The summed E-state index contributed by atoms with van der Waals surface area (Å²) in [4.78, 5) is 12.2. The standard InChI is InChI=1S/C15H16N2O2/c1-10-8-11(16)6-7-14(10)15(18)17-12-4-3-5-13(9-12)19-2/h3-9H,16H2,1-2H3,(H,17,18). The lowest BCUT2D eigenvalue weighted by atomic mass is 10.1. The van der Waals surface area contributed by atoms with E-state index in [2.05, 4.69) is 5.32 Å². The molecule has 2 aromatic rings. The van der Waals surface area contributed by atoms with Crippen LogP contribution >= 0.6 is 0 Å². The molecular formula is C15H16N2O2. The Kier molecular flexibility index (Phi) is 3.71. The molecule has 0 atom stereocenters. The number of amides is 1. The highest BCUT2D eigenvalue weighted by Crippen LogP contribution is 2.19. The number of benzene rings is 2. The number of carbonyl (C=O) groups is 1. The van der Waals surface area contributed by atoms with Crippen LogP contribution < -0.4 is 15.8 Å². The number of rotatable bonds is 3. The van der Waals surface area contributed by atoms with Crippen molar-refractivity contribution >= 4 is 17.3 Å². The fourth-order valence-electron chi connectivity index (χ4n) is 1.84. The molecule has 0 fully saturated rings. The van der Waals surface area contributed by atoms with Gasteiger partial charge in [0.1, 0.15) is 5.75 Å². The van der Waals surface area contributed by atoms with Crippen LogP contribution in [0.4, 0.5) is 11.4 Å². The summed E-state index contributed by atoms with van der Waals surface area (Å²) in [7, 11) is 1.59. The summed E-state index contributed by atoms with van der Waals surface area (Å²) >= 11 is 0. The van der Waals surface area contributed by atoms with Crippen molar-refractivity contribution < 1.29 is 9.53 Å². The summed E-state index contributed by atoms with van der Waals surface area (Å²) in [6, 6.07) is 12.4. The van der Waals surface area contributed by atoms with Crippen LogP contribution in [-0.2, 0) is 0 Å². The Balaban J connectivity index is 2.20. The molecule has 0 saturated heterocycles. The highest BCUT2D eigenvalue weighted by atomic mass is 16.5. The second-order valence-corrected chi connectivity index (χ2v) is 4.26. The van der Waals surface area contributed by atoms with Gasteiger partial charge in [0.05, 0.1) is 7.11 Å². The van der Waals surface area contributed by atoms with Gasteiger partial charge in [0.15, 0.2) is 0 Å². The zero-order chi connectivity index (χ0) is 13.8. The molecule has 0 aliphatic rings. The highest BCUT2D eigenvalue weighted by molar-refractivity contribution is 6.05. The minimum absolute atomic E-state index is 0.161. The molecule has 19 heavy (non-hydrogen) atoms. The zero-order valence-corrected chi connectivity index (χ0v) is 10.9. The minimum Gasteiger partial charge on any atom is -0.497 e. The first-order valence-corrected chi connectivity index (χ1v) is 5.91. The quantitative estimate of drug-likeness (QED) is 0.830. The summed E-state index contributed by atoms with van der Waals surface area (Å²) in [6.07, 6.45) is 0. The monoisotopic (exact) mass is 256 g/mol. The molecule has 0 aliphatic heterocycles. The van der Waals surface area contributed by atoms with E-state index in [0.717, 1.165) is 5.56 Å². The van der Waals surface area contributed by atoms with Gasteiger partial charge in [0.25, 0.3) is 5.91 Å². The van der Waals surface area contributed by atoms with Gasteiger partial charge in [-0.1, -0.05) is 6.07 Å². The zero-order valence-electron chi connectivity index (χ0n) is 10.9. The number of nitrogen functional groups attached to an aromatic ring is 1. The molecular weight excluding hydrogens is 240 g/mol. The first-order valence-electron chi connectivity index (χ1n) is 5.91. The van der Waals surface area contributed by atoms with Gasteiger partial charge in [-0.2, -0.15) is 0 Å². The van der Waals surface area contributed by atoms with Gasteiger partial charge in [0.2, 0.25) is 0 Å². The predicted molar refractivity (Wildman–Crippen MR) is 76.5 cm³/mol. The molecule has 3 N–H and O–H groups in total. The fourth-order valence-corrected chi connectivity index (χ4v) is 1.84. The molecule has 4 nitrogen and oxygen atoms in total. The Hall–Kier alpha value is -2.49. The number of ether oxygens (including phenoxy) is 1. The molecule has 0 radical (unpaired) electrons. The highest BCUT2D eigenvalue weighted by Gasteiger charge is 2.09. The number of nitrogens with two attached hydrogens (primary N) is 1. The first-order chi connectivity index (χ1) is 9.10. The average molecular weight is 256 g/mol. The van der Waals surface area contributed by atoms with Crippen LogP contribution in [0, 0.1) is 6.92 Å². The summed E-state index contributed by atoms with van der Waals surface area (Å²) in [5.41, 5.74) is 8.47. The van der Waals surface area contributed by atoms with E-state index in [-0.39, 0.29) is 5.91 Å². The third-order valence-electron chi connectivity index (χ3n) is 2.82. The lowest BCUT2D eigenvalue weighted by molar-refractivity contribution is 0.102. The maximum Gasteiger partial charge on any atom is 0.255 e. The SMILES string of the molecule is COc1cccc(NC(=O)c2ccc(N)cc2C)c1. The van der Waals surface area contributed by atoms with Crippen molar-refractivity contribution in [3.63, 3.8) is 0 Å². The summed E-state index contributed by atoms with van der Waals surface area (Å²) in [5, 5.41) is 2.83. The number of carbonyl (C=O) groups excluding carboxylic acids is 1. The predicted octanol–water partition coefficient (Wildman–Crippen LogP) is 2.84. The molecule has 0 spiro atoms. The van der Waals surface area contributed by atoms with Gasteiger partial charge in [-0.25, -0.2) is 0 Å². The topological polar surface area (TPSA) is 64.3 Å². The number of anilines is 2. The van der Waals surface area contributed by atoms with Gasteiger partial charge < -0.3 is 15.8 Å². The van der Waals surface area contributed by atoms with Crippen LogP contribution in [0.2, 0.25) is 0 Å². The maximum absolute atomic E-state index is 12.2. The molecule has 2 rings (SSSR count). The van der Waals surface area contributed by atoms with Crippen molar-refractivity contribution in [3.05, 3.63) is 53.6 Å². The van der Waals surface area contributed by atoms with Crippen molar-refractivity contribution in [1.82, 2.24) is 0 Å². The molecule has 0 bridgehead atoms. The molecule has 1 amide bonds. The number of methoxy groups -OCH3 is 1. The Morgan fingerprint density at radius 3 is 2.68 bits per heavy atom. The number of hydrogen-bond donors (Lipinski definition) is 2. The Labute approximate surface area is 112 Å². The largest absolute Gasteiger partial charge is 0.497 e. The summed E-state index contributed by atoms with van der Waals surface area (Å²) in [5.74, 6) is 0.539. The third kappa shape index (κ3) is 3.04. The Morgan fingerprint density at radius 2 is 2.00 bits per heavy atom. The fraction of sp³-hybridized carbons (Fsp3) is 0.133. The van der Waals surface area contributed by atoms with Gasteiger partial charge in [0, 0.05) is 23.0 Å². The molecule has 0 heterocycles. The summed E-state index contributed by atoms with van der Waals surface area (Å²) in [6.45, 7) is 1.86. The van der Waals surface area contributed by atoms with E-state index >= 15 is 0 Å². The van der Waals surface area contributed by atoms with E-state index < -0.39 is 0 Å². The lowest BCUT2D eigenvalue weighted by Gasteiger charge is -2.09. The molecule has 98 valence electrons. The van der Waals surface area contributed by atoms with Crippen molar-refractivity contribution in [2.24, 2.45) is 0 Å². The van der Waals surface area contributed by atoms with Crippen LogP contribution in [0.5, 0.6) is 5.75 Å². The van der Waals surface area contributed by atoms with E-state index in [1.165, 1.54) is 0 Å². The molecule has 2 aromatic carbocycles. The van der Waals surface area contributed by atoms with Gasteiger partial charge >= 0.3 is 0 Å². The van der Waals surface area contributed by atoms with E-state index in [4.69, 9.17) is 10.5 Å². The smallest absolute Gasteiger partial charge is 0.255 e. The third-order valence-corrected chi connectivity index (χ3v) is 2.82. The molecule has 4 heteroatoms. The van der Waals surface area contributed by atoms with Gasteiger partial charge in [-0.3, -0.25) is 4.79 Å². The van der Waals surface area contributed by atoms with Crippen molar-refractivity contribution in [3.8, 4) is 5.75 Å². The Bertz CT molecular complexity index is 609. The second kappa shape index (κ2) is 5.44.